The van der Waals surface area contributed by atoms with Gasteiger partial charge in [-0.15, -0.1) is 0 Å². The minimum Gasteiger partial charge on any atom is -0.316 e. The largest absolute Gasteiger partial charge is 0.316 e. The van der Waals surface area contributed by atoms with Crippen LogP contribution in [0.3, 0.4) is 0 Å². The zero-order valence-corrected chi connectivity index (χ0v) is 26.2. The predicted octanol–water partition coefficient (Wildman–Crippen LogP) is 12.2. The van der Waals surface area contributed by atoms with Crippen LogP contribution in [0.1, 0.15) is 27.8 Å². The van der Waals surface area contributed by atoms with Gasteiger partial charge in [0.15, 0.2) is 0 Å². The summed E-state index contributed by atoms with van der Waals surface area (Å²) in [6.45, 7) is 0. The highest BCUT2D eigenvalue weighted by atomic mass is 15.1. The van der Waals surface area contributed by atoms with E-state index in [0.717, 1.165) is 22.5 Å². The number of anilines is 2. The first-order chi connectivity index (χ1) is 23.3. The lowest BCUT2D eigenvalue weighted by Crippen LogP contribution is -2.11. The maximum Gasteiger partial charge on any atom is 0.0534 e. The highest BCUT2D eigenvalue weighted by Gasteiger charge is 2.14. The summed E-state index contributed by atoms with van der Waals surface area (Å²) in [5.41, 5.74) is 10.4. The van der Waals surface area contributed by atoms with Gasteiger partial charge < -0.3 is 4.90 Å². The first kappa shape index (κ1) is 29.5. The van der Waals surface area contributed by atoms with Gasteiger partial charge in [0.2, 0.25) is 0 Å². The summed E-state index contributed by atoms with van der Waals surface area (Å²) in [6.07, 6.45) is 8.81. The molecule has 0 aliphatic carbocycles. The fourth-order valence-electron chi connectivity index (χ4n) is 5.98. The van der Waals surface area contributed by atoms with Crippen molar-refractivity contribution < 1.29 is 0 Å². The molecular formula is C46H35N. The van der Waals surface area contributed by atoms with Crippen LogP contribution in [0.2, 0.25) is 0 Å². The van der Waals surface area contributed by atoms with Crippen LogP contribution in [-0.2, 0) is 0 Å². The van der Waals surface area contributed by atoms with Gasteiger partial charge in [0.1, 0.15) is 0 Å². The number of hydrogen-bond acceptors (Lipinski definition) is 1. The van der Waals surface area contributed by atoms with Crippen molar-refractivity contribution in [2.24, 2.45) is 0 Å². The predicted molar refractivity (Wildman–Crippen MR) is 201 cm³/mol. The van der Waals surface area contributed by atoms with Crippen molar-refractivity contribution in [2.75, 3.05) is 4.90 Å². The summed E-state index contributed by atoms with van der Waals surface area (Å²) in [6, 6.07) is 66.3. The van der Waals surface area contributed by atoms with Gasteiger partial charge in [0.05, 0.1) is 5.69 Å². The number of fused-ring (bicyclic) bond motifs is 1. The molecule has 0 heterocycles. The molecule has 7 aromatic rings. The quantitative estimate of drug-likeness (QED) is 0.149. The van der Waals surface area contributed by atoms with E-state index in [4.69, 9.17) is 0 Å². The fourth-order valence-corrected chi connectivity index (χ4v) is 5.98. The van der Waals surface area contributed by atoms with E-state index in [0.29, 0.717) is 0 Å². The molecule has 0 N–H and O–H groups in total. The molecule has 0 aromatic heterocycles. The van der Waals surface area contributed by atoms with Gasteiger partial charge in [-0.3, -0.25) is 0 Å². The van der Waals surface area contributed by atoms with Crippen molar-refractivity contribution in [3.8, 4) is 0 Å². The zero-order chi connectivity index (χ0) is 31.7. The Hall–Kier alpha value is -6.18. The molecule has 0 bridgehead atoms. The first-order valence-electron chi connectivity index (χ1n) is 16.0. The number of benzene rings is 7. The molecule has 1 nitrogen and oxygen atoms in total. The maximum atomic E-state index is 2.33. The van der Waals surface area contributed by atoms with Crippen molar-refractivity contribution in [3.05, 3.63) is 234 Å². The zero-order valence-electron chi connectivity index (χ0n) is 26.2. The van der Waals surface area contributed by atoms with Crippen LogP contribution in [0.15, 0.2) is 206 Å². The minimum absolute atomic E-state index is 1.09. The van der Waals surface area contributed by atoms with Gasteiger partial charge in [0, 0.05) is 22.8 Å². The minimum atomic E-state index is 1.09. The third-order valence-electron chi connectivity index (χ3n) is 8.35. The summed E-state index contributed by atoms with van der Waals surface area (Å²) in [5.74, 6) is 0. The van der Waals surface area contributed by atoms with Gasteiger partial charge in [-0.25, -0.2) is 0 Å². The van der Waals surface area contributed by atoms with Gasteiger partial charge in [0.25, 0.3) is 0 Å². The number of hydrogen-bond donors (Lipinski definition) is 0. The van der Waals surface area contributed by atoms with E-state index < -0.39 is 0 Å². The number of nitrogens with zero attached hydrogens (tertiary/aromatic N) is 1. The monoisotopic (exact) mass is 601 g/mol. The Morgan fingerprint density at radius 2 is 0.872 bits per heavy atom. The molecule has 0 fully saturated rings. The second-order valence-electron chi connectivity index (χ2n) is 11.4. The van der Waals surface area contributed by atoms with Crippen LogP contribution in [-0.4, -0.2) is 0 Å². The molecule has 224 valence electrons. The van der Waals surface area contributed by atoms with Crippen LogP contribution < -0.4 is 4.90 Å². The Balaban J connectivity index is 1.29. The van der Waals surface area contributed by atoms with Crippen molar-refractivity contribution >= 4 is 39.4 Å². The third-order valence-corrected chi connectivity index (χ3v) is 8.35. The Morgan fingerprint density at radius 3 is 1.43 bits per heavy atom. The molecule has 0 atom stereocenters. The molecule has 0 saturated heterocycles. The fraction of sp³-hybridized carbons (Fsp3) is 0. The summed E-state index contributed by atoms with van der Waals surface area (Å²) in [7, 11) is 0. The van der Waals surface area contributed by atoms with E-state index in [9.17, 15) is 0 Å². The number of rotatable bonds is 9. The van der Waals surface area contributed by atoms with Crippen molar-refractivity contribution in [3.63, 3.8) is 0 Å². The van der Waals surface area contributed by atoms with Gasteiger partial charge >= 0.3 is 0 Å². The van der Waals surface area contributed by atoms with Crippen molar-refractivity contribution in [2.45, 2.75) is 0 Å². The lowest BCUT2D eigenvalue weighted by Gasteiger charge is -2.25. The molecule has 0 aliphatic rings. The van der Waals surface area contributed by atoms with E-state index in [-0.39, 0.29) is 0 Å². The Bertz CT molecular complexity index is 2050. The average Bonchev–Trinajstić information content (AvgIpc) is 3.15. The summed E-state index contributed by atoms with van der Waals surface area (Å²) in [5, 5.41) is 2.42. The van der Waals surface area contributed by atoms with E-state index in [1.807, 2.05) is 0 Å². The maximum absolute atomic E-state index is 2.33. The molecule has 7 rings (SSSR count). The van der Waals surface area contributed by atoms with E-state index in [2.05, 4.69) is 217 Å². The third kappa shape index (κ3) is 6.91. The van der Waals surface area contributed by atoms with Gasteiger partial charge in [-0.2, -0.15) is 0 Å². The summed E-state index contributed by atoms with van der Waals surface area (Å²) >= 11 is 0. The molecule has 0 spiro atoms. The second kappa shape index (κ2) is 14.3. The smallest absolute Gasteiger partial charge is 0.0534 e. The lowest BCUT2D eigenvalue weighted by atomic mass is 9.97. The van der Waals surface area contributed by atoms with Gasteiger partial charge in [-0.1, -0.05) is 188 Å². The first-order valence-corrected chi connectivity index (χ1v) is 16.0. The molecule has 0 radical (unpaired) electrons. The Morgan fingerprint density at radius 1 is 0.404 bits per heavy atom. The molecule has 7 aromatic carbocycles. The molecular weight excluding hydrogens is 567 g/mol. The number of allylic oxidation sites excluding steroid dienone is 2. The van der Waals surface area contributed by atoms with E-state index in [1.165, 1.54) is 38.6 Å². The Labute approximate surface area is 277 Å². The lowest BCUT2D eigenvalue weighted by molar-refractivity contribution is 1.29. The molecule has 0 amide bonds. The van der Waals surface area contributed by atoms with Crippen molar-refractivity contribution in [1.29, 1.82) is 0 Å². The van der Waals surface area contributed by atoms with Crippen LogP contribution in [0, 0.1) is 0 Å². The van der Waals surface area contributed by atoms with Crippen LogP contribution in [0.4, 0.5) is 11.4 Å². The second-order valence-corrected chi connectivity index (χ2v) is 11.4. The standard InChI is InChI=1S/C46H35N/c1-5-18-37(19-6-1)43(38-20-7-2-8-21-38)29-15-17-36-31-33-42(34-32-36)47(46-30-16-27-39-26-13-14-28-44(39)46)35-45(40-22-9-3-10-23-40)41-24-11-4-12-25-41/h1-35H. The van der Waals surface area contributed by atoms with E-state index >= 15 is 0 Å². The molecule has 0 aliphatic heterocycles. The molecule has 0 saturated carbocycles. The van der Waals surface area contributed by atoms with Crippen LogP contribution in [0.5, 0.6) is 0 Å². The molecule has 1 heteroatoms. The van der Waals surface area contributed by atoms with E-state index in [1.54, 1.807) is 0 Å². The highest BCUT2D eigenvalue weighted by molar-refractivity contribution is 5.98. The van der Waals surface area contributed by atoms with Crippen LogP contribution >= 0.6 is 0 Å². The topological polar surface area (TPSA) is 3.24 Å². The summed E-state index contributed by atoms with van der Waals surface area (Å²) < 4.78 is 0. The molecule has 47 heavy (non-hydrogen) atoms. The van der Waals surface area contributed by atoms with Crippen LogP contribution in [0.25, 0.3) is 28.0 Å². The normalized spacial score (nSPS) is 10.9. The Kier molecular flexibility index (Phi) is 8.97. The van der Waals surface area contributed by atoms with Gasteiger partial charge in [-0.05, 0) is 57.0 Å². The average molecular weight is 602 g/mol. The van der Waals surface area contributed by atoms with Crippen molar-refractivity contribution in [1.82, 2.24) is 0 Å². The highest BCUT2D eigenvalue weighted by Crippen LogP contribution is 2.36. The molecule has 0 unspecified atom stereocenters. The SMILES string of the molecule is C(=Cc1ccc(N(C=C(c2ccccc2)c2ccccc2)c2cccc3ccccc23)cc1)C=C(c1ccccc1)c1ccccc1. The summed E-state index contributed by atoms with van der Waals surface area (Å²) in [4.78, 5) is 2.33.